The van der Waals surface area contributed by atoms with Crippen molar-refractivity contribution in [2.75, 3.05) is 26.2 Å². The van der Waals surface area contributed by atoms with Gasteiger partial charge in [0, 0.05) is 24.2 Å². The minimum atomic E-state index is 0.620. The Kier molecular flexibility index (Phi) is 6.15. The highest BCUT2D eigenvalue weighted by atomic mass is 79.9. The summed E-state index contributed by atoms with van der Waals surface area (Å²) in [6.45, 7) is 5.77. The first kappa shape index (κ1) is 16.1. The Morgan fingerprint density at radius 1 is 1.45 bits per heavy atom. The standard InChI is InChI=1S/C15H22BrClN2O/c1-11-2-3-12(9-18)10-19(11)6-7-20-15-5-4-13(17)8-14(15)16/h4-5,8,11-12H,2-3,6-7,9-10,18H2,1H3. The van der Waals surface area contributed by atoms with E-state index in [0.29, 0.717) is 23.6 Å². The van der Waals surface area contributed by atoms with Gasteiger partial charge in [-0.25, -0.2) is 0 Å². The molecule has 2 N–H and O–H groups in total. The highest BCUT2D eigenvalue weighted by Gasteiger charge is 2.24. The summed E-state index contributed by atoms with van der Waals surface area (Å²) in [6.07, 6.45) is 2.48. The van der Waals surface area contributed by atoms with E-state index in [4.69, 9.17) is 22.1 Å². The second kappa shape index (κ2) is 7.64. The summed E-state index contributed by atoms with van der Waals surface area (Å²) in [6, 6.07) is 6.21. The Morgan fingerprint density at radius 3 is 2.95 bits per heavy atom. The van der Waals surface area contributed by atoms with Crippen LogP contribution in [0.25, 0.3) is 0 Å². The molecule has 0 aliphatic carbocycles. The number of hydrogen-bond acceptors (Lipinski definition) is 3. The molecule has 5 heteroatoms. The number of benzene rings is 1. The van der Waals surface area contributed by atoms with Gasteiger partial charge < -0.3 is 10.5 Å². The quantitative estimate of drug-likeness (QED) is 0.872. The summed E-state index contributed by atoms with van der Waals surface area (Å²) < 4.78 is 6.73. The minimum Gasteiger partial charge on any atom is -0.491 e. The molecule has 1 fully saturated rings. The highest BCUT2D eigenvalue weighted by molar-refractivity contribution is 9.10. The van der Waals surface area contributed by atoms with Crippen molar-refractivity contribution < 1.29 is 4.74 Å². The average molecular weight is 362 g/mol. The maximum atomic E-state index is 5.92. The zero-order chi connectivity index (χ0) is 14.5. The van der Waals surface area contributed by atoms with E-state index in [1.165, 1.54) is 12.8 Å². The fourth-order valence-corrected chi connectivity index (χ4v) is 3.43. The van der Waals surface area contributed by atoms with Crippen LogP contribution < -0.4 is 10.5 Å². The second-order valence-corrected chi connectivity index (χ2v) is 6.74. The van der Waals surface area contributed by atoms with Crippen molar-refractivity contribution in [3.05, 3.63) is 27.7 Å². The van der Waals surface area contributed by atoms with E-state index in [9.17, 15) is 0 Å². The molecule has 1 aliphatic rings. The van der Waals surface area contributed by atoms with Crippen LogP contribution in [-0.2, 0) is 0 Å². The fourth-order valence-electron chi connectivity index (χ4n) is 2.63. The van der Waals surface area contributed by atoms with E-state index < -0.39 is 0 Å². The Labute approximate surface area is 134 Å². The van der Waals surface area contributed by atoms with Gasteiger partial charge >= 0.3 is 0 Å². The summed E-state index contributed by atoms with van der Waals surface area (Å²) in [4.78, 5) is 2.48. The summed E-state index contributed by atoms with van der Waals surface area (Å²) >= 11 is 9.38. The van der Waals surface area contributed by atoms with Gasteiger partial charge in [-0.1, -0.05) is 11.6 Å². The predicted molar refractivity (Wildman–Crippen MR) is 87.5 cm³/mol. The molecule has 2 rings (SSSR count). The second-order valence-electron chi connectivity index (χ2n) is 5.45. The van der Waals surface area contributed by atoms with Gasteiger partial charge in [-0.2, -0.15) is 0 Å². The van der Waals surface area contributed by atoms with Crippen LogP contribution in [0, 0.1) is 5.92 Å². The van der Waals surface area contributed by atoms with Crippen molar-refractivity contribution in [3.63, 3.8) is 0 Å². The van der Waals surface area contributed by atoms with Gasteiger partial charge in [-0.05, 0) is 66.4 Å². The van der Waals surface area contributed by atoms with Crippen LogP contribution >= 0.6 is 27.5 Å². The molecular weight excluding hydrogens is 340 g/mol. The van der Waals surface area contributed by atoms with Gasteiger partial charge in [0.05, 0.1) is 4.47 Å². The lowest BCUT2D eigenvalue weighted by Gasteiger charge is -2.37. The van der Waals surface area contributed by atoms with Crippen molar-refractivity contribution in [1.82, 2.24) is 4.90 Å². The number of likely N-dealkylation sites (tertiary alicyclic amines) is 1. The predicted octanol–water partition coefficient (Wildman–Crippen LogP) is 3.54. The topological polar surface area (TPSA) is 38.5 Å². The van der Waals surface area contributed by atoms with Crippen molar-refractivity contribution in [3.8, 4) is 5.75 Å². The maximum Gasteiger partial charge on any atom is 0.133 e. The van der Waals surface area contributed by atoms with Gasteiger partial charge in [-0.15, -0.1) is 0 Å². The van der Waals surface area contributed by atoms with Crippen molar-refractivity contribution >= 4 is 27.5 Å². The van der Waals surface area contributed by atoms with Crippen LogP contribution in [0.15, 0.2) is 22.7 Å². The SMILES string of the molecule is CC1CCC(CN)CN1CCOc1ccc(Cl)cc1Br. The molecule has 0 aromatic heterocycles. The van der Waals surface area contributed by atoms with Crippen LogP contribution in [-0.4, -0.2) is 37.2 Å². The smallest absolute Gasteiger partial charge is 0.133 e. The van der Waals surface area contributed by atoms with Gasteiger partial charge in [0.1, 0.15) is 12.4 Å². The van der Waals surface area contributed by atoms with Crippen molar-refractivity contribution in [2.45, 2.75) is 25.8 Å². The molecule has 1 saturated heterocycles. The minimum absolute atomic E-state index is 0.620. The zero-order valence-corrected chi connectivity index (χ0v) is 14.2. The molecule has 0 amide bonds. The Hall–Kier alpha value is -0.290. The molecule has 20 heavy (non-hydrogen) atoms. The van der Waals surface area contributed by atoms with E-state index in [-0.39, 0.29) is 0 Å². The normalized spacial score (nSPS) is 23.8. The van der Waals surface area contributed by atoms with Crippen LogP contribution in [0.1, 0.15) is 19.8 Å². The van der Waals surface area contributed by atoms with Gasteiger partial charge in [0.15, 0.2) is 0 Å². The molecule has 0 bridgehead atoms. The number of halogens is 2. The Morgan fingerprint density at radius 2 is 2.25 bits per heavy atom. The first-order valence-corrected chi connectivity index (χ1v) is 8.29. The summed E-state index contributed by atoms with van der Waals surface area (Å²) in [7, 11) is 0. The molecule has 2 atom stereocenters. The van der Waals surface area contributed by atoms with Gasteiger partial charge in [0.2, 0.25) is 0 Å². The Bertz CT molecular complexity index is 444. The lowest BCUT2D eigenvalue weighted by atomic mass is 9.94. The van der Waals surface area contributed by atoms with Crippen LogP contribution in [0.3, 0.4) is 0 Å². The van der Waals surface area contributed by atoms with E-state index >= 15 is 0 Å². The molecule has 1 aromatic rings. The summed E-state index contributed by atoms with van der Waals surface area (Å²) in [5, 5.41) is 0.708. The number of nitrogens with two attached hydrogens (primary N) is 1. The lowest BCUT2D eigenvalue weighted by Crippen LogP contribution is -2.45. The molecule has 0 saturated carbocycles. The molecule has 112 valence electrons. The third kappa shape index (κ3) is 4.35. The van der Waals surface area contributed by atoms with E-state index in [2.05, 4.69) is 27.8 Å². The van der Waals surface area contributed by atoms with Gasteiger partial charge in [0.25, 0.3) is 0 Å². The summed E-state index contributed by atoms with van der Waals surface area (Å²) in [5.74, 6) is 1.47. The van der Waals surface area contributed by atoms with E-state index in [1.54, 1.807) is 0 Å². The van der Waals surface area contributed by atoms with Gasteiger partial charge in [-0.3, -0.25) is 4.90 Å². The third-order valence-electron chi connectivity index (χ3n) is 3.97. The Balaban J connectivity index is 1.82. The number of hydrogen-bond donors (Lipinski definition) is 1. The van der Waals surface area contributed by atoms with E-state index in [1.807, 2.05) is 18.2 Å². The number of rotatable bonds is 5. The molecular formula is C15H22BrClN2O. The number of piperidine rings is 1. The molecule has 0 spiro atoms. The maximum absolute atomic E-state index is 5.92. The average Bonchev–Trinajstić information content (AvgIpc) is 2.43. The third-order valence-corrected chi connectivity index (χ3v) is 4.83. The first-order chi connectivity index (χ1) is 9.60. The molecule has 1 aliphatic heterocycles. The van der Waals surface area contributed by atoms with Crippen molar-refractivity contribution in [2.24, 2.45) is 11.7 Å². The van der Waals surface area contributed by atoms with Crippen LogP contribution in [0.5, 0.6) is 5.75 Å². The van der Waals surface area contributed by atoms with Crippen molar-refractivity contribution in [1.29, 1.82) is 0 Å². The molecule has 1 aromatic carbocycles. The number of nitrogens with zero attached hydrogens (tertiary/aromatic N) is 1. The largest absolute Gasteiger partial charge is 0.491 e. The van der Waals surface area contributed by atoms with E-state index in [0.717, 1.165) is 29.9 Å². The first-order valence-electron chi connectivity index (χ1n) is 7.12. The molecule has 2 unspecified atom stereocenters. The number of ether oxygens (including phenoxy) is 1. The lowest BCUT2D eigenvalue weighted by molar-refractivity contribution is 0.101. The van der Waals surface area contributed by atoms with Crippen LogP contribution in [0.2, 0.25) is 5.02 Å². The highest BCUT2D eigenvalue weighted by Crippen LogP contribution is 2.28. The molecule has 1 heterocycles. The van der Waals surface area contributed by atoms with Crippen LogP contribution in [0.4, 0.5) is 0 Å². The monoisotopic (exact) mass is 360 g/mol. The molecule has 3 nitrogen and oxygen atoms in total. The zero-order valence-electron chi connectivity index (χ0n) is 11.8. The fraction of sp³-hybridized carbons (Fsp3) is 0.600. The summed E-state index contributed by atoms with van der Waals surface area (Å²) in [5.41, 5.74) is 5.79. The molecule has 0 radical (unpaired) electrons.